The predicted octanol–water partition coefficient (Wildman–Crippen LogP) is 6.33. The number of carboxylic acid groups (broad SMARTS) is 1. The number of amides is 2. The fourth-order valence-corrected chi connectivity index (χ4v) is 4.93. The van der Waals surface area contributed by atoms with E-state index in [1.165, 1.54) is 4.90 Å². The van der Waals surface area contributed by atoms with Gasteiger partial charge in [-0.2, -0.15) is 0 Å². The quantitative estimate of drug-likeness (QED) is 0.267. The van der Waals surface area contributed by atoms with E-state index in [1.54, 1.807) is 27.0 Å². The number of alkyl carbamates (subject to hydrolysis) is 1. The molecule has 2 aromatic carbocycles. The van der Waals surface area contributed by atoms with Crippen molar-refractivity contribution in [1.82, 2.24) is 15.2 Å². The van der Waals surface area contributed by atoms with Gasteiger partial charge in [0.2, 0.25) is 0 Å². The van der Waals surface area contributed by atoms with Gasteiger partial charge in [0.1, 0.15) is 5.60 Å². The molecule has 8 heteroatoms. The molecule has 0 aliphatic carbocycles. The van der Waals surface area contributed by atoms with Crippen LogP contribution in [0, 0.1) is 0 Å². The number of rotatable bonds is 10. The second kappa shape index (κ2) is 13.6. The molecule has 2 amide bonds. The van der Waals surface area contributed by atoms with E-state index in [0.29, 0.717) is 12.8 Å². The monoisotopic (exact) mass is 561 g/mol. The van der Waals surface area contributed by atoms with Gasteiger partial charge in [-0.3, -0.25) is 9.88 Å². The molecular weight excluding hydrogens is 518 g/mol. The lowest BCUT2D eigenvalue weighted by Gasteiger charge is -2.42. The van der Waals surface area contributed by atoms with Crippen molar-refractivity contribution in [3.63, 3.8) is 0 Å². The Morgan fingerprint density at radius 2 is 1.49 bits per heavy atom. The molecule has 0 aliphatic rings. The molecule has 3 aromatic rings. The molecule has 3 atom stereocenters. The average Bonchev–Trinajstić information content (AvgIpc) is 2.87. The Bertz CT molecular complexity index is 1250. The normalized spacial score (nSPS) is 14.0. The highest BCUT2D eigenvalue weighted by Crippen LogP contribution is 2.26. The van der Waals surface area contributed by atoms with E-state index in [1.807, 2.05) is 93.6 Å². The zero-order valence-corrected chi connectivity index (χ0v) is 24.9. The Kier molecular flexibility index (Phi) is 10.5. The van der Waals surface area contributed by atoms with Gasteiger partial charge in [-0.15, -0.1) is 0 Å². The Morgan fingerprint density at radius 1 is 0.878 bits per heavy atom. The van der Waals surface area contributed by atoms with Gasteiger partial charge in [-0.25, -0.2) is 9.59 Å². The smallest absolute Gasteiger partial charge is 0.408 e. The fourth-order valence-electron chi connectivity index (χ4n) is 4.93. The number of nitrogens with zero attached hydrogens (tertiary/aromatic N) is 2. The highest BCUT2D eigenvalue weighted by Gasteiger charge is 2.38. The number of carbonyl (C=O) groups is 2. The molecule has 0 unspecified atom stereocenters. The number of aromatic nitrogens is 1. The largest absolute Gasteiger partial charge is 0.465 e. The van der Waals surface area contributed by atoms with Gasteiger partial charge in [0.25, 0.3) is 0 Å². The van der Waals surface area contributed by atoms with E-state index in [-0.39, 0.29) is 6.42 Å². The molecule has 1 aromatic heterocycles. The summed E-state index contributed by atoms with van der Waals surface area (Å²) in [6.07, 6.45) is -0.167. The van der Waals surface area contributed by atoms with Crippen molar-refractivity contribution in [1.29, 1.82) is 0 Å². The Labute approximate surface area is 243 Å². The molecule has 220 valence electrons. The van der Waals surface area contributed by atoms with Crippen molar-refractivity contribution in [2.45, 2.75) is 90.1 Å². The van der Waals surface area contributed by atoms with E-state index in [2.05, 4.69) is 10.3 Å². The van der Waals surface area contributed by atoms with Crippen LogP contribution in [0.15, 0.2) is 79.0 Å². The lowest BCUT2D eigenvalue weighted by atomic mass is 9.90. The van der Waals surface area contributed by atoms with Crippen LogP contribution in [0.1, 0.15) is 59.1 Å². The number of ether oxygens (including phenoxy) is 1. The number of hydrogen-bond donors (Lipinski definition) is 3. The molecule has 1 heterocycles. The van der Waals surface area contributed by atoms with Gasteiger partial charge in [0.15, 0.2) is 0 Å². The molecule has 0 spiro atoms. The number of pyridine rings is 1. The van der Waals surface area contributed by atoms with Crippen molar-refractivity contribution in [3.8, 4) is 11.3 Å². The predicted molar refractivity (Wildman–Crippen MR) is 161 cm³/mol. The Balaban J connectivity index is 1.88. The number of nitrogens with one attached hydrogen (secondary N) is 1. The first kappa shape index (κ1) is 31.6. The molecule has 0 radical (unpaired) electrons. The minimum Gasteiger partial charge on any atom is -0.465 e. The second-order valence-electron chi connectivity index (χ2n) is 12.3. The molecule has 3 N–H and O–H groups in total. The highest BCUT2D eigenvalue weighted by molar-refractivity contribution is 5.68. The number of aliphatic hydroxyl groups is 1. The zero-order chi connectivity index (χ0) is 30.2. The van der Waals surface area contributed by atoms with Crippen LogP contribution in [0.2, 0.25) is 0 Å². The first-order chi connectivity index (χ1) is 19.2. The molecule has 0 aliphatic heterocycles. The molecular formula is C33H43N3O5. The van der Waals surface area contributed by atoms with Crippen LogP contribution in [0.5, 0.6) is 0 Å². The minimum absolute atomic E-state index is 0.124. The Morgan fingerprint density at radius 3 is 2.02 bits per heavy atom. The van der Waals surface area contributed by atoms with E-state index >= 15 is 0 Å². The van der Waals surface area contributed by atoms with E-state index < -0.39 is 41.5 Å². The maximum absolute atomic E-state index is 12.8. The van der Waals surface area contributed by atoms with Crippen LogP contribution in [-0.4, -0.2) is 61.6 Å². The summed E-state index contributed by atoms with van der Waals surface area (Å²) in [6, 6.07) is 21.9. The summed E-state index contributed by atoms with van der Waals surface area (Å²) in [7, 11) is 0. The summed E-state index contributed by atoms with van der Waals surface area (Å²) in [4.78, 5) is 31.0. The number of hydrogen-bond acceptors (Lipinski definition) is 5. The maximum atomic E-state index is 12.8. The first-order valence-electron chi connectivity index (χ1n) is 14.0. The summed E-state index contributed by atoms with van der Waals surface area (Å²) in [5.41, 5.74) is 2.23. The molecule has 8 nitrogen and oxygen atoms in total. The van der Waals surface area contributed by atoms with Crippen molar-refractivity contribution in [2.75, 3.05) is 0 Å². The molecule has 0 bridgehead atoms. The standard InChI is InChI=1S/C33H43N3O5/c1-32(2,3)36(31(39)40)28(21-23-12-8-7-9-13-23)29(37)22-26(35-30(38)41-33(4,5)6)20-24-15-17-25(18-16-24)27-14-10-11-19-34-27/h7-19,26,28-29,37H,20-22H2,1-6H3,(H,35,38)(H,39,40)/t26-,28-,29-/m0/s1. The lowest BCUT2D eigenvalue weighted by molar-refractivity contribution is -0.00109. The number of carbonyl (C=O) groups excluding carboxylic acids is 1. The summed E-state index contributed by atoms with van der Waals surface area (Å²) < 4.78 is 5.52. The van der Waals surface area contributed by atoms with Crippen molar-refractivity contribution < 1.29 is 24.5 Å². The third-order valence-electron chi connectivity index (χ3n) is 6.64. The van der Waals surface area contributed by atoms with Gasteiger partial charge in [0.05, 0.1) is 17.8 Å². The van der Waals surface area contributed by atoms with Crippen LogP contribution in [0.4, 0.5) is 9.59 Å². The van der Waals surface area contributed by atoms with Crippen molar-refractivity contribution >= 4 is 12.2 Å². The van der Waals surface area contributed by atoms with Crippen LogP contribution >= 0.6 is 0 Å². The summed E-state index contributed by atoms with van der Waals surface area (Å²) in [6.45, 7) is 10.8. The molecule has 3 rings (SSSR count). The van der Waals surface area contributed by atoms with Crippen LogP contribution in [0.3, 0.4) is 0 Å². The van der Waals surface area contributed by atoms with E-state index in [9.17, 15) is 19.8 Å². The van der Waals surface area contributed by atoms with Crippen LogP contribution in [0.25, 0.3) is 11.3 Å². The molecule has 0 saturated heterocycles. The maximum Gasteiger partial charge on any atom is 0.408 e. The second-order valence-corrected chi connectivity index (χ2v) is 12.3. The van der Waals surface area contributed by atoms with Gasteiger partial charge in [-0.05, 0) is 84.1 Å². The highest BCUT2D eigenvalue weighted by atomic mass is 16.6. The first-order valence-corrected chi connectivity index (χ1v) is 14.0. The van der Waals surface area contributed by atoms with E-state index in [0.717, 1.165) is 22.4 Å². The summed E-state index contributed by atoms with van der Waals surface area (Å²) in [5, 5.41) is 24.7. The van der Waals surface area contributed by atoms with Gasteiger partial charge in [0, 0.05) is 23.3 Å². The Hall–Kier alpha value is -3.91. The lowest BCUT2D eigenvalue weighted by Crippen LogP contribution is -2.57. The van der Waals surface area contributed by atoms with E-state index in [4.69, 9.17) is 4.74 Å². The molecule has 0 saturated carbocycles. The van der Waals surface area contributed by atoms with Gasteiger partial charge < -0.3 is 20.3 Å². The third kappa shape index (κ3) is 9.90. The fraction of sp³-hybridized carbons (Fsp3) is 0.424. The summed E-state index contributed by atoms with van der Waals surface area (Å²) >= 11 is 0. The zero-order valence-electron chi connectivity index (χ0n) is 24.9. The third-order valence-corrected chi connectivity index (χ3v) is 6.64. The minimum atomic E-state index is -1.11. The SMILES string of the molecule is CC(C)(C)OC(=O)N[C@@H](Cc1ccc(-c2ccccn2)cc1)C[C@H](O)[C@H](Cc1ccccc1)N(C(=O)O)C(C)(C)C. The average molecular weight is 562 g/mol. The molecule has 41 heavy (non-hydrogen) atoms. The number of aliphatic hydroxyl groups excluding tert-OH is 1. The van der Waals surface area contributed by atoms with Crippen LogP contribution in [-0.2, 0) is 17.6 Å². The van der Waals surface area contributed by atoms with Gasteiger partial charge >= 0.3 is 12.2 Å². The topological polar surface area (TPSA) is 112 Å². The summed E-state index contributed by atoms with van der Waals surface area (Å²) in [5.74, 6) is 0. The van der Waals surface area contributed by atoms with Crippen molar-refractivity contribution in [2.24, 2.45) is 0 Å². The van der Waals surface area contributed by atoms with Gasteiger partial charge in [-0.1, -0.05) is 60.7 Å². The molecule has 0 fully saturated rings. The van der Waals surface area contributed by atoms with Crippen LogP contribution < -0.4 is 5.32 Å². The number of benzene rings is 2. The van der Waals surface area contributed by atoms with Crippen molar-refractivity contribution in [3.05, 3.63) is 90.1 Å².